The van der Waals surface area contributed by atoms with Gasteiger partial charge >= 0.3 is 0 Å². The van der Waals surface area contributed by atoms with E-state index in [1.807, 2.05) is 38.2 Å². The van der Waals surface area contributed by atoms with Crippen molar-refractivity contribution < 1.29 is 8.42 Å². The van der Waals surface area contributed by atoms with E-state index in [4.69, 9.17) is 0 Å². The standard InChI is InChI=1S/C14H19N3O2S2/c1-11-16-8-14(20-11)9-17-21(18,19)10-13-5-3-4-12(6-13)7-15-2/h3-6,8,15,17H,7,9-10H2,1-2H3. The second-order valence-electron chi connectivity index (χ2n) is 4.78. The number of aromatic nitrogens is 1. The van der Waals surface area contributed by atoms with Gasteiger partial charge in [-0.25, -0.2) is 18.1 Å². The van der Waals surface area contributed by atoms with Gasteiger partial charge in [0, 0.05) is 24.2 Å². The molecule has 1 aromatic heterocycles. The van der Waals surface area contributed by atoms with Crippen LogP contribution >= 0.6 is 11.3 Å². The number of nitrogens with one attached hydrogen (secondary N) is 2. The molecule has 0 amide bonds. The molecule has 0 spiro atoms. The number of nitrogens with zero attached hydrogens (tertiary/aromatic N) is 1. The van der Waals surface area contributed by atoms with E-state index in [1.165, 1.54) is 11.3 Å². The summed E-state index contributed by atoms with van der Waals surface area (Å²) < 4.78 is 26.8. The van der Waals surface area contributed by atoms with Gasteiger partial charge in [0.05, 0.1) is 10.8 Å². The maximum absolute atomic E-state index is 12.1. The van der Waals surface area contributed by atoms with Crippen LogP contribution in [0.25, 0.3) is 0 Å². The van der Waals surface area contributed by atoms with Crippen LogP contribution in [-0.4, -0.2) is 20.4 Å². The quantitative estimate of drug-likeness (QED) is 0.814. The van der Waals surface area contributed by atoms with Gasteiger partial charge in [0.1, 0.15) is 0 Å². The van der Waals surface area contributed by atoms with Crippen LogP contribution in [0.15, 0.2) is 30.5 Å². The highest BCUT2D eigenvalue weighted by Crippen LogP contribution is 2.13. The Morgan fingerprint density at radius 1 is 1.24 bits per heavy atom. The predicted molar refractivity (Wildman–Crippen MR) is 85.5 cm³/mol. The first-order valence-corrected chi connectivity index (χ1v) is 9.06. The van der Waals surface area contributed by atoms with E-state index in [9.17, 15) is 8.42 Å². The topological polar surface area (TPSA) is 71.1 Å². The van der Waals surface area contributed by atoms with Crippen molar-refractivity contribution in [3.63, 3.8) is 0 Å². The van der Waals surface area contributed by atoms with Crippen LogP contribution in [0.1, 0.15) is 21.0 Å². The number of benzene rings is 1. The maximum Gasteiger partial charge on any atom is 0.216 e. The molecule has 0 saturated carbocycles. The van der Waals surface area contributed by atoms with Crippen molar-refractivity contribution in [2.75, 3.05) is 7.05 Å². The summed E-state index contributed by atoms with van der Waals surface area (Å²) >= 11 is 1.50. The molecule has 0 unspecified atom stereocenters. The molecule has 21 heavy (non-hydrogen) atoms. The van der Waals surface area contributed by atoms with Gasteiger partial charge in [0.2, 0.25) is 10.0 Å². The Morgan fingerprint density at radius 2 is 2.00 bits per heavy atom. The first-order valence-electron chi connectivity index (χ1n) is 6.59. The lowest BCUT2D eigenvalue weighted by Crippen LogP contribution is -2.24. The summed E-state index contributed by atoms with van der Waals surface area (Å²) in [6, 6.07) is 7.59. The van der Waals surface area contributed by atoms with Crippen molar-refractivity contribution >= 4 is 21.4 Å². The fourth-order valence-corrected chi connectivity index (χ4v) is 3.89. The second-order valence-corrected chi connectivity index (χ2v) is 7.90. The van der Waals surface area contributed by atoms with Crippen LogP contribution in [0.5, 0.6) is 0 Å². The summed E-state index contributed by atoms with van der Waals surface area (Å²) in [5, 5.41) is 3.99. The Kier molecular flexibility index (Phi) is 5.46. The average molecular weight is 325 g/mol. The first kappa shape index (κ1) is 16.1. The van der Waals surface area contributed by atoms with Gasteiger partial charge in [-0.15, -0.1) is 11.3 Å². The van der Waals surface area contributed by atoms with E-state index in [0.717, 1.165) is 27.6 Å². The number of sulfonamides is 1. The molecule has 2 rings (SSSR count). The van der Waals surface area contributed by atoms with Gasteiger partial charge in [-0.05, 0) is 25.1 Å². The van der Waals surface area contributed by atoms with Crippen molar-refractivity contribution in [2.24, 2.45) is 0 Å². The van der Waals surface area contributed by atoms with Crippen molar-refractivity contribution in [1.29, 1.82) is 0 Å². The summed E-state index contributed by atoms with van der Waals surface area (Å²) in [6.45, 7) is 2.92. The molecule has 5 nitrogen and oxygen atoms in total. The molecule has 0 radical (unpaired) electrons. The maximum atomic E-state index is 12.1. The van der Waals surface area contributed by atoms with Gasteiger partial charge in [-0.3, -0.25) is 0 Å². The molecule has 2 aromatic rings. The van der Waals surface area contributed by atoms with E-state index < -0.39 is 10.0 Å². The Morgan fingerprint density at radius 3 is 2.67 bits per heavy atom. The molecule has 0 saturated heterocycles. The molecule has 1 aromatic carbocycles. The zero-order valence-corrected chi connectivity index (χ0v) is 13.7. The summed E-state index contributed by atoms with van der Waals surface area (Å²) in [5.41, 5.74) is 1.86. The Hall–Kier alpha value is -1.28. The third-order valence-electron chi connectivity index (χ3n) is 2.86. The first-order chi connectivity index (χ1) is 9.98. The largest absolute Gasteiger partial charge is 0.316 e. The predicted octanol–water partition coefficient (Wildman–Crippen LogP) is 1.79. The molecular weight excluding hydrogens is 306 g/mol. The minimum atomic E-state index is -3.35. The lowest BCUT2D eigenvalue weighted by atomic mass is 10.1. The van der Waals surface area contributed by atoms with E-state index in [-0.39, 0.29) is 5.75 Å². The number of hydrogen-bond donors (Lipinski definition) is 2. The zero-order valence-electron chi connectivity index (χ0n) is 12.1. The molecule has 0 aliphatic heterocycles. The van der Waals surface area contributed by atoms with E-state index in [2.05, 4.69) is 15.0 Å². The third kappa shape index (κ3) is 5.20. The molecule has 0 bridgehead atoms. The van der Waals surface area contributed by atoms with Gasteiger partial charge < -0.3 is 5.32 Å². The van der Waals surface area contributed by atoms with Crippen LogP contribution in [0.3, 0.4) is 0 Å². The van der Waals surface area contributed by atoms with Gasteiger partial charge in [0.15, 0.2) is 0 Å². The number of rotatable bonds is 7. The minimum absolute atomic E-state index is 0.0116. The van der Waals surface area contributed by atoms with Gasteiger partial charge in [-0.2, -0.15) is 0 Å². The Bertz CT molecular complexity index is 696. The second kappa shape index (κ2) is 7.13. The lowest BCUT2D eigenvalue weighted by Gasteiger charge is -2.07. The number of aryl methyl sites for hydroxylation is 1. The number of hydrogen-bond acceptors (Lipinski definition) is 5. The minimum Gasteiger partial charge on any atom is -0.316 e. The van der Waals surface area contributed by atoms with Crippen molar-refractivity contribution in [2.45, 2.75) is 25.8 Å². The van der Waals surface area contributed by atoms with E-state index in [1.54, 1.807) is 6.20 Å². The van der Waals surface area contributed by atoms with Crippen molar-refractivity contribution in [1.82, 2.24) is 15.0 Å². The summed E-state index contributed by atoms with van der Waals surface area (Å²) in [7, 11) is -1.48. The van der Waals surface area contributed by atoms with Crippen LogP contribution in [-0.2, 0) is 28.9 Å². The molecular formula is C14H19N3O2S2. The van der Waals surface area contributed by atoms with Crippen molar-refractivity contribution in [3.05, 3.63) is 51.5 Å². The summed E-state index contributed by atoms with van der Waals surface area (Å²) in [6.07, 6.45) is 1.70. The zero-order chi connectivity index (χ0) is 15.3. The Balaban J connectivity index is 1.98. The fourth-order valence-electron chi connectivity index (χ4n) is 1.97. The molecule has 0 fully saturated rings. The molecule has 0 aliphatic rings. The van der Waals surface area contributed by atoms with Crippen LogP contribution in [0, 0.1) is 6.92 Å². The fraction of sp³-hybridized carbons (Fsp3) is 0.357. The van der Waals surface area contributed by atoms with Crippen LogP contribution in [0.4, 0.5) is 0 Å². The summed E-state index contributed by atoms with van der Waals surface area (Å²) in [4.78, 5) is 5.03. The molecule has 0 aliphatic carbocycles. The highest BCUT2D eigenvalue weighted by Gasteiger charge is 2.12. The summed E-state index contributed by atoms with van der Waals surface area (Å²) in [5.74, 6) is -0.0116. The molecule has 114 valence electrons. The Labute approximate surface area is 129 Å². The van der Waals surface area contributed by atoms with Crippen LogP contribution < -0.4 is 10.0 Å². The molecule has 0 atom stereocenters. The van der Waals surface area contributed by atoms with Crippen molar-refractivity contribution in [3.8, 4) is 0 Å². The lowest BCUT2D eigenvalue weighted by molar-refractivity contribution is 0.581. The number of thiazole rings is 1. The SMILES string of the molecule is CNCc1cccc(CS(=O)(=O)NCc2cnc(C)s2)c1. The van der Waals surface area contributed by atoms with Crippen LogP contribution in [0.2, 0.25) is 0 Å². The monoisotopic (exact) mass is 325 g/mol. The van der Waals surface area contributed by atoms with Gasteiger partial charge in [0.25, 0.3) is 0 Å². The third-order valence-corrected chi connectivity index (χ3v) is 5.07. The average Bonchev–Trinajstić information content (AvgIpc) is 2.83. The highest BCUT2D eigenvalue weighted by atomic mass is 32.2. The highest BCUT2D eigenvalue weighted by molar-refractivity contribution is 7.88. The van der Waals surface area contributed by atoms with Gasteiger partial charge in [-0.1, -0.05) is 24.3 Å². The van der Waals surface area contributed by atoms with E-state index in [0.29, 0.717) is 6.54 Å². The molecule has 7 heteroatoms. The molecule has 2 N–H and O–H groups in total. The van der Waals surface area contributed by atoms with E-state index >= 15 is 0 Å². The normalized spacial score (nSPS) is 11.7. The smallest absolute Gasteiger partial charge is 0.216 e. The molecule has 1 heterocycles.